The molecule has 0 saturated carbocycles. The van der Waals surface area contributed by atoms with Crippen molar-refractivity contribution in [1.82, 2.24) is 14.9 Å². The average molecular weight is 357 g/mol. The standard InChI is InChI=1S/C18H23N5O3/c1-12-5-7-15(19-10-12)20-17(25)13-4-3-9-23(11-13)18(26)14-6-8-16(24)22(2)21-14/h5,7,10,13H,3-4,6,8-9,11H2,1-2H3,(H,19,20,25)/t13-/m1/s1. The molecule has 8 nitrogen and oxygen atoms in total. The molecule has 3 amide bonds. The summed E-state index contributed by atoms with van der Waals surface area (Å²) >= 11 is 0. The van der Waals surface area contributed by atoms with Gasteiger partial charge in [0.25, 0.3) is 5.91 Å². The number of nitrogens with one attached hydrogen (secondary N) is 1. The van der Waals surface area contributed by atoms with Gasteiger partial charge in [-0.1, -0.05) is 6.07 Å². The molecule has 26 heavy (non-hydrogen) atoms. The molecule has 1 fully saturated rings. The van der Waals surface area contributed by atoms with Crippen molar-refractivity contribution in [3.05, 3.63) is 23.9 Å². The van der Waals surface area contributed by atoms with Crippen LogP contribution in [0.4, 0.5) is 5.82 Å². The zero-order valence-electron chi connectivity index (χ0n) is 15.1. The minimum atomic E-state index is -0.278. The maximum absolute atomic E-state index is 12.7. The van der Waals surface area contributed by atoms with Crippen LogP contribution in [0.3, 0.4) is 0 Å². The number of anilines is 1. The number of carbonyl (C=O) groups is 3. The Hall–Kier alpha value is -2.77. The molecule has 0 spiro atoms. The van der Waals surface area contributed by atoms with Crippen LogP contribution in [0.15, 0.2) is 23.4 Å². The van der Waals surface area contributed by atoms with Gasteiger partial charge < -0.3 is 10.2 Å². The third-order valence-electron chi connectivity index (χ3n) is 4.70. The van der Waals surface area contributed by atoms with Crippen molar-refractivity contribution in [2.45, 2.75) is 32.6 Å². The van der Waals surface area contributed by atoms with E-state index in [0.717, 1.165) is 18.4 Å². The van der Waals surface area contributed by atoms with Crippen molar-refractivity contribution >= 4 is 29.3 Å². The van der Waals surface area contributed by atoms with Crippen LogP contribution in [0.25, 0.3) is 0 Å². The highest BCUT2D eigenvalue weighted by Crippen LogP contribution is 2.20. The quantitative estimate of drug-likeness (QED) is 0.879. The fraction of sp³-hybridized carbons (Fsp3) is 0.500. The van der Waals surface area contributed by atoms with E-state index < -0.39 is 0 Å². The molecule has 3 heterocycles. The molecule has 0 aromatic carbocycles. The number of aryl methyl sites for hydroxylation is 1. The molecule has 1 aromatic rings. The fourth-order valence-corrected chi connectivity index (χ4v) is 3.15. The number of pyridine rings is 1. The first-order valence-corrected chi connectivity index (χ1v) is 8.81. The highest BCUT2D eigenvalue weighted by atomic mass is 16.2. The van der Waals surface area contributed by atoms with Crippen LogP contribution in [-0.4, -0.2) is 58.5 Å². The summed E-state index contributed by atoms with van der Waals surface area (Å²) in [5.41, 5.74) is 1.41. The SMILES string of the molecule is Cc1ccc(NC(=O)[C@@H]2CCCN(C(=O)C3=NN(C)C(=O)CC3)C2)nc1. The Morgan fingerprint density at radius 1 is 1.27 bits per heavy atom. The molecule has 0 radical (unpaired) electrons. The Kier molecular flexibility index (Phi) is 5.29. The monoisotopic (exact) mass is 357 g/mol. The first-order valence-electron chi connectivity index (χ1n) is 8.81. The molecular formula is C18H23N5O3. The summed E-state index contributed by atoms with van der Waals surface area (Å²) in [6.07, 6.45) is 3.82. The molecule has 2 aliphatic heterocycles. The van der Waals surface area contributed by atoms with Gasteiger partial charge in [-0.3, -0.25) is 14.4 Å². The van der Waals surface area contributed by atoms with E-state index in [1.807, 2.05) is 13.0 Å². The highest BCUT2D eigenvalue weighted by Gasteiger charge is 2.32. The average Bonchev–Trinajstić information content (AvgIpc) is 2.65. The van der Waals surface area contributed by atoms with Crippen LogP contribution < -0.4 is 5.32 Å². The lowest BCUT2D eigenvalue weighted by Crippen LogP contribution is -2.47. The molecule has 2 aliphatic rings. The number of carbonyl (C=O) groups excluding carboxylic acids is 3. The van der Waals surface area contributed by atoms with Gasteiger partial charge in [0.05, 0.1) is 5.92 Å². The van der Waals surface area contributed by atoms with E-state index >= 15 is 0 Å². The van der Waals surface area contributed by atoms with Gasteiger partial charge >= 0.3 is 0 Å². The normalized spacial score (nSPS) is 20.6. The van der Waals surface area contributed by atoms with E-state index in [4.69, 9.17) is 0 Å². The molecule has 1 saturated heterocycles. The first kappa shape index (κ1) is 18.0. The number of piperidine rings is 1. The number of aromatic nitrogens is 1. The van der Waals surface area contributed by atoms with Crippen LogP contribution >= 0.6 is 0 Å². The third kappa shape index (κ3) is 4.07. The minimum Gasteiger partial charge on any atom is -0.337 e. The van der Waals surface area contributed by atoms with Crippen LogP contribution in [0, 0.1) is 12.8 Å². The van der Waals surface area contributed by atoms with Crippen LogP contribution in [0.2, 0.25) is 0 Å². The summed E-state index contributed by atoms with van der Waals surface area (Å²) in [6.45, 7) is 2.89. The summed E-state index contributed by atoms with van der Waals surface area (Å²) in [5, 5.41) is 8.12. The number of likely N-dealkylation sites (tertiary alicyclic amines) is 1. The maximum atomic E-state index is 12.7. The lowest BCUT2D eigenvalue weighted by Gasteiger charge is -2.33. The van der Waals surface area contributed by atoms with E-state index in [1.165, 1.54) is 5.01 Å². The summed E-state index contributed by atoms with van der Waals surface area (Å²) in [5.74, 6) is -0.171. The van der Waals surface area contributed by atoms with Gasteiger partial charge in [-0.05, 0) is 31.4 Å². The van der Waals surface area contributed by atoms with E-state index in [-0.39, 0.29) is 30.1 Å². The van der Waals surface area contributed by atoms with E-state index in [0.29, 0.717) is 31.0 Å². The smallest absolute Gasteiger partial charge is 0.270 e. The number of hydrogen-bond donors (Lipinski definition) is 1. The third-order valence-corrected chi connectivity index (χ3v) is 4.70. The summed E-state index contributed by atoms with van der Waals surface area (Å²) in [6, 6.07) is 3.65. The van der Waals surface area contributed by atoms with Gasteiger partial charge in [-0.25, -0.2) is 9.99 Å². The molecule has 0 aliphatic carbocycles. The number of hydrogen-bond acceptors (Lipinski definition) is 5. The van der Waals surface area contributed by atoms with Gasteiger partial charge in [0, 0.05) is 39.2 Å². The fourth-order valence-electron chi connectivity index (χ4n) is 3.15. The van der Waals surface area contributed by atoms with Crippen molar-refractivity contribution in [2.75, 3.05) is 25.5 Å². The predicted molar refractivity (Wildman–Crippen MR) is 96.3 cm³/mol. The van der Waals surface area contributed by atoms with E-state index in [9.17, 15) is 14.4 Å². The summed E-state index contributed by atoms with van der Waals surface area (Å²) < 4.78 is 0. The molecule has 8 heteroatoms. The molecular weight excluding hydrogens is 334 g/mol. The van der Waals surface area contributed by atoms with E-state index in [2.05, 4.69) is 15.4 Å². The molecule has 0 bridgehead atoms. The second-order valence-corrected chi connectivity index (χ2v) is 6.76. The van der Waals surface area contributed by atoms with Crippen molar-refractivity contribution in [3.63, 3.8) is 0 Å². The second-order valence-electron chi connectivity index (χ2n) is 6.76. The second kappa shape index (κ2) is 7.63. The Balaban J connectivity index is 1.62. The Labute approximate surface area is 152 Å². The zero-order valence-corrected chi connectivity index (χ0v) is 15.1. The Morgan fingerprint density at radius 3 is 2.77 bits per heavy atom. The first-order chi connectivity index (χ1) is 12.4. The van der Waals surface area contributed by atoms with Crippen molar-refractivity contribution in [1.29, 1.82) is 0 Å². The summed E-state index contributed by atoms with van der Waals surface area (Å²) in [4.78, 5) is 42.6. The van der Waals surface area contributed by atoms with Crippen LogP contribution in [0.5, 0.6) is 0 Å². The van der Waals surface area contributed by atoms with Gasteiger partial charge in [0.1, 0.15) is 11.5 Å². The Morgan fingerprint density at radius 2 is 2.08 bits per heavy atom. The molecule has 138 valence electrons. The molecule has 1 N–H and O–H groups in total. The lowest BCUT2D eigenvalue weighted by molar-refractivity contribution is -0.131. The minimum absolute atomic E-state index is 0.0944. The molecule has 1 atom stereocenters. The van der Waals surface area contributed by atoms with Crippen LogP contribution in [0.1, 0.15) is 31.2 Å². The number of hydrazone groups is 1. The van der Waals surface area contributed by atoms with Crippen molar-refractivity contribution in [2.24, 2.45) is 11.0 Å². The number of amides is 3. The molecule has 0 unspecified atom stereocenters. The van der Waals surface area contributed by atoms with Gasteiger partial charge in [-0.2, -0.15) is 5.10 Å². The topological polar surface area (TPSA) is 95.0 Å². The Bertz CT molecular complexity index is 744. The molecule has 1 aromatic heterocycles. The largest absolute Gasteiger partial charge is 0.337 e. The van der Waals surface area contributed by atoms with Crippen molar-refractivity contribution in [3.8, 4) is 0 Å². The summed E-state index contributed by atoms with van der Waals surface area (Å²) in [7, 11) is 1.55. The predicted octanol–water partition coefficient (Wildman–Crippen LogP) is 1.18. The highest BCUT2D eigenvalue weighted by molar-refractivity contribution is 6.39. The molecule has 3 rings (SSSR count). The maximum Gasteiger partial charge on any atom is 0.270 e. The number of rotatable bonds is 3. The van der Waals surface area contributed by atoms with Gasteiger partial charge in [0.15, 0.2) is 0 Å². The van der Waals surface area contributed by atoms with Gasteiger partial charge in [0.2, 0.25) is 11.8 Å². The van der Waals surface area contributed by atoms with Gasteiger partial charge in [-0.15, -0.1) is 0 Å². The van der Waals surface area contributed by atoms with E-state index in [1.54, 1.807) is 24.2 Å². The zero-order chi connectivity index (χ0) is 18.7. The van der Waals surface area contributed by atoms with Crippen molar-refractivity contribution < 1.29 is 14.4 Å². The van der Waals surface area contributed by atoms with Crippen LogP contribution in [-0.2, 0) is 14.4 Å². The lowest BCUT2D eigenvalue weighted by atomic mass is 9.96. The number of nitrogens with zero attached hydrogens (tertiary/aromatic N) is 4.